The number of carbonyl (C=O) groups excluding carboxylic acids is 1. The summed E-state index contributed by atoms with van der Waals surface area (Å²) >= 11 is 0. The Morgan fingerprint density at radius 1 is 1.50 bits per heavy atom. The third-order valence-electron chi connectivity index (χ3n) is 2.39. The normalized spacial score (nSPS) is 10.1. The number of esters is 1. The van der Waals surface area contributed by atoms with E-state index in [4.69, 9.17) is 4.74 Å². The molecule has 2 aromatic rings. The number of hydrogen-bond donors (Lipinski definition) is 1. The lowest BCUT2D eigenvalue weighted by Gasteiger charge is -2.04. The van der Waals surface area contributed by atoms with Gasteiger partial charge in [0, 0.05) is 29.7 Å². The van der Waals surface area contributed by atoms with E-state index < -0.39 is 5.97 Å². The summed E-state index contributed by atoms with van der Waals surface area (Å²) in [6, 6.07) is 4.99. The summed E-state index contributed by atoms with van der Waals surface area (Å²) in [7, 11) is 0. The Balaban J connectivity index is 2.46. The molecular weight excluding hydrogens is 232 g/mol. The Hall–Kier alpha value is -2.43. The molecule has 0 unspecified atom stereocenters. The van der Waals surface area contributed by atoms with Crippen LogP contribution in [0.2, 0.25) is 0 Å². The third-order valence-corrected chi connectivity index (χ3v) is 2.39. The van der Waals surface area contributed by atoms with Crippen LogP contribution in [0, 0.1) is 0 Å². The molecule has 0 fully saturated rings. The second-order valence-electron chi connectivity index (χ2n) is 3.59. The smallest absolute Gasteiger partial charge is 0.339 e. The summed E-state index contributed by atoms with van der Waals surface area (Å²) in [6.45, 7) is 2.02. The Bertz CT molecular complexity index is 605. The number of H-pyrrole nitrogens is 1. The summed E-state index contributed by atoms with van der Waals surface area (Å²) in [6.07, 6.45) is 4.53. The molecule has 1 N–H and O–H groups in total. The summed E-state index contributed by atoms with van der Waals surface area (Å²) in [5.41, 5.74) is 1.10. The number of ether oxygens (including phenoxy) is 1. The van der Waals surface area contributed by atoms with E-state index in [0.717, 1.165) is 0 Å². The lowest BCUT2D eigenvalue weighted by atomic mass is 10.1. The first-order chi connectivity index (χ1) is 8.72. The van der Waals surface area contributed by atoms with Crippen LogP contribution in [0.4, 0.5) is 0 Å². The highest BCUT2D eigenvalue weighted by atomic mass is 16.5. The van der Waals surface area contributed by atoms with Crippen molar-refractivity contribution in [1.82, 2.24) is 9.97 Å². The van der Waals surface area contributed by atoms with Gasteiger partial charge >= 0.3 is 5.97 Å². The first kappa shape index (κ1) is 12.0. The molecule has 0 radical (unpaired) electrons. The van der Waals surface area contributed by atoms with Gasteiger partial charge in [-0.15, -0.1) is 0 Å². The topological polar surface area (TPSA) is 72.1 Å². The highest BCUT2D eigenvalue weighted by molar-refractivity contribution is 5.90. The minimum atomic E-state index is -0.459. The molecule has 0 saturated heterocycles. The van der Waals surface area contributed by atoms with Crippen molar-refractivity contribution in [3.05, 3.63) is 52.7 Å². The van der Waals surface area contributed by atoms with Gasteiger partial charge in [-0.3, -0.25) is 9.78 Å². The van der Waals surface area contributed by atoms with Gasteiger partial charge in [-0.1, -0.05) is 6.07 Å². The second kappa shape index (κ2) is 5.27. The van der Waals surface area contributed by atoms with Crippen molar-refractivity contribution in [1.29, 1.82) is 0 Å². The largest absolute Gasteiger partial charge is 0.462 e. The van der Waals surface area contributed by atoms with Crippen LogP contribution in [0.5, 0.6) is 0 Å². The SMILES string of the molecule is CCOC(=O)c1c[nH]c(=O)c(-c2cccnc2)c1. The van der Waals surface area contributed by atoms with Gasteiger partial charge in [-0.2, -0.15) is 0 Å². The fourth-order valence-electron chi connectivity index (χ4n) is 1.55. The van der Waals surface area contributed by atoms with Crippen LogP contribution in [-0.4, -0.2) is 22.5 Å². The van der Waals surface area contributed by atoms with E-state index in [-0.39, 0.29) is 5.56 Å². The molecule has 0 bridgehead atoms. The van der Waals surface area contributed by atoms with Crippen molar-refractivity contribution < 1.29 is 9.53 Å². The van der Waals surface area contributed by atoms with Crippen LogP contribution < -0.4 is 5.56 Å². The van der Waals surface area contributed by atoms with Crippen molar-refractivity contribution in [3.63, 3.8) is 0 Å². The monoisotopic (exact) mass is 244 g/mol. The average molecular weight is 244 g/mol. The maximum absolute atomic E-state index is 11.7. The lowest BCUT2D eigenvalue weighted by molar-refractivity contribution is 0.0526. The van der Waals surface area contributed by atoms with E-state index in [9.17, 15) is 9.59 Å². The highest BCUT2D eigenvalue weighted by Gasteiger charge is 2.10. The standard InChI is InChI=1S/C13H12N2O3/c1-2-18-13(17)10-6-11(12(16)15-8-10)9-4-3-5-14-7-9/h3-8H,2H2,1H3,(H,15,16). The maximum atomic E-state index is 11.7. The van der Waals surface area contributed by atoms with Crippen LogP contribution in [0.1, 0.15) is 17.3 Å². The molecule has 0 amide bonds. The van der Waals surface area contributed by atoms with E-state index >= 15 is 0 Å². The number of aromatic amines is 1. The molecule has 0 aliphatic heterocycles. The summed E-state index contributed by atoms with van der Waals surface area (Å²) in [4.78, 5) is 29.8. The zero-order valence-electron chi connectivity index (χ0n) is 9.84. The van der Waals surface area contributed by atoms with Gasteiger partial charge in [0.25, 0.3) is 5.56 Å². The number of pyridine rings is 2. The summed E-state index contributed by atoms with van der Waals surface area (Å²) in [5, 5.41) is 0. The molecule has 0 aromatic carbocycles. The molecule has 2 aromatic heterocycles. The van der Waals surface area contributed by atoms with E-state index in [1.807, 2.05) is 0 Å². The van der Waals surface area contributed by atoms with E-state index in [0.29, 0.717) is 23.3 Å². The predicted molar refractivity (Wildman–Crippen MR) is 66.3 cm³/mol. The van der Waals surface area contributed by atoms with Gasteiger partial charge < -0.3 is 9.72 Å². The Kier molecular flexibility index (Phi) is 3.52. The van der Waals surface area contributed by atoms with Gasteiger partial charge in [0.05, 0.1) is 12.2 Å². The van der Waals surface area contributed by atoms with Crippen LogP contribution in [0.25, 0.3) is 11.1 Å². The van der Waals surface area contributed by atoms with Crippen molar-refractivity contribution in [2.75, 3.05) is 6.61 Å². The average Bonchev–Trinajstić information content (AvgIpc) is 2.40. The van der Waals surface area contributed by atoms with Crippen LogP contribution in [0.15, 0.2) is 41.6 Å². The number of aromatic nitrogens is 2. The zero-order chi connectivity index (χ0) is 13.0. The van der Waals surface area contributed by atoms with Crippen molar-refractivity contribution >= 4 is 5.97 Å². The van der Waals surface area contributed by atoms with Gasteiger partial charge in [0.2, 0.25) is 0 Å². The minimum Gasteiger partial charge on any atom is -0.462 e. The van der Waals surface area contributed by atoms with Crippen LogP contribution in [-0.2, 0) is 4.74 Å². The number of hydrogen-bond acceptors (Lipinski definition) is 4. The van der Waals surface area contributed by atoms with Crippen molar-refractivity contribution in [2.45, 2.75) is 6.92 Å². The number of rotatable bonds is 3. The Labute approximate surface area is 103 Å². The van der Waals surface area contributed by atoms with Crippen LogP contribution in [0.3, 0.4) is 0 Å². The summed E-state index contributed by atoms with van der Waals surface area (Å²) in [5.74, 6) is -0.459. The molecular formula is C13H12N2O3. The predicted octanol–water partition coefficient (Wildman–Crippen LogP) is 1.61. The van der Waals surface area contributed by atoms with E-state index in [1.54, 1.807) is 31.5 Å². The van der Waals surface area contributed by atoms with Gasteiger partial charge in [0.15, 0.2) is 0 Å². The fraction of sp³-hybridized carbons (Fsp3) is 0.154. The Morgan fingerprint density at radius 2 is 2.33 bits per heavy atom. The fourth-order valence-corrected chi connectivity index (χ4v) is 1.55. The molecule has 2 rings (SSSR count). The van der Waals surface area contributed by atoms with E-state index in [1.165, 1.54) is 12.3 Å². The number of nitrogens with one attached hydrogen (secondary N) is 1. The molecule has 0 aliphatic carbocycles. The van der Waals surface area contributed by atoms with Gasteiger partial charge in [-0.05, 0) is 19.1 Å². The molecule has 0 saturated carbocycles. The van der Waals surface area contributed by atoms with Crippen molar-refractivity contribution in [3.8, 4) is 11.1 Å². The molecule has 2 heterocycles. The molecule has 92 valence electrons. The first-order valence-electron chi connectivity index (χ1n) is 5.52. The summed E-state index contributed by atoms with van der Waals surface area (Å²) < 4.78 is 4.88. The maximum Gasteiger partial charge on any atom is 0.339 e. The second-order valence-corrected chi connectivity index (χ2v) is 3.59. The minimum absolute atomic E-state index is 0.268. The lowest BCUT2D eigenvalue weighted by Crippen LogP contribution is -2.13. The molecule has 0 aliphatic rings. The zero-order valence-corrected chi connectivity index (χ0v) is 9.84. The molecule has 0 spiro atoms. The van der Waals surface area contributed by atoms with Crippen molar-refractivity contribution in [2.24, 2.45) is 0 Å². The quantitative estimate of drug-likeness (QED) is 0.832. The highest BCUT2D eigenvalue weighted by Crippen LogP contribution is 2.14. The molecule has 5 nitrogen and oxygen atoms in total. The van der Waals surface area contributed by atoms with Gasteiger partial charge in [0.1, 0.15) is 0 Å². The number of nitrogens with zero attached hydrogens (tertiary/aromatic N) is 1. The molecule has 18 heavy (non-hydrogen) atoms. The van der Waals surface area contributed by atoms with Crippen LogP contribution >= 0.6 is 0 Å². The first-order valence-corrected chi connectivity index (χ1v) is 5.52. The molecule has 5 heteroatoms. The van der Waals surface area contributed by atoms with E-state index in [2.05, 4.69) is 9.97 Å². The Morgan fingerprint density at radius 3 is 3.00 bits per heavy atom. The molecule has 0 atom stereocenters. The number of carbonyl (C=O) groups is 1. The van der Waals surface area contributed by atoms with Gasteiger partial charge in [-0.25, -0.2) is 4.79 Å². The third kappa shape index (κ3) is 2.45.